The zero-order valence-corrected chi connectivity index (χ0v) is 12.3. The molecule has 1 atom stereocenters. The van der Waals surface area contributed by atoms with E-state index in [1.54, 1.807) is 31.2 Å². The molecule has 6 nitrogen and oxygen atoms in total. The van der Waals surface area contributed by atoms with Crippen LogP contribution in [0.5, 0.6) is 5.75 Å². The number of halogens is 1. The quantitative estimate of drug-likeness (QED) is 0.728. The molecule has 1 aromatic rings. The average Bonchev–Trinajstić information content (AvgIpc) is 2.38. The van der Waals surface area contributed by atoms with Crippen LogP contribution >= 0.6 is 12.4 Å². The first-order valence-electron chi connectivity index (χ1n) is 6.09. The van der Waals surface area contributed by atoms with E-state index in [1.165, 1.54) is 0 Å². The molecule has 4 N–H and O–H groups in total. The van der Waals surface area contributed by atoms with Crippen molar-refractivity contribution < 1.29 is 14.3 Å². The molecular weight excluding hydrogens is 282 g/mol. The summed E-state index contributed by atoms with van der Waals surface area (Å²) in [5.74, 6) is 0.137. The molecule has 0 aliphatic heterocycles. The number of amides is 2. The van der Waals surface area contributed by atoms with Gasteiger partial charge in [-0.1, -0.05) is 0 Å². The van der Waals surface area contributed by atoms with E-state index in [-0.39, 0.29) is 30.8 Å². The number of carbonyl (C=O) groups excluding carboxylic acids is 2. The third-order valence-corrected chi connectivity index (χ3v) is 2.28. The number of carbonyl (C=O) groups is 2. The van der Waals surface area contributed by atoms with Crippen molar-refractivity contribution in [3.63, 3.8) is 0 Å². The van der Waals surface area contributed by atoms with E-state index < -0.39 is 6.04 Å². The molecule has 0 aliphatic carbocycles. The van der Waals surface area contributed by atoms with Gasteiger partial charge in [-0.05, 0) is 38.1 Å². The van der Waals surface area contributed by atoms with Crippen molar-refractivity contribution in [2.24, 2.45) is 5.73 Å². The maximum absolute atomic E-state index is 11.4. The summed E-state index contributed by atoms with van der Waals surface area (Å²) in [6.45, 7) is 4.00. The summed E-state index contributed by atoms with van der Waals surface area (Å²) in [6.07, 6.45) is 0. The highest BCUT2D eigenvalue weighted by Gasteiger charge is 2.07. The molecule has 2 amide bonds. The molecule has 20 heavy (non-hydrogen) atoms. The minimum Gasteiger partial charge on any atom is -0.484 e. The molecular formula is C13H20ClN3O3. The molecule has 1 rings (SSSR count). The molecule has 0 bridgehead atoms. The number of ether oxygens (including phenoxy) is 1. The van der Waals surface area contributed by atoms with E-state index in [0.29, 0.717) is 18.0 Å². The van der Waals surface area contributed by atoms with E-state index >= 15 is 0 Å². The van der Waals surface area contributed by atoms with Gasteiger partial charge in [-0.25, -0.2) is 0 Å². The van der Waals surface area contributed by atoms with Gasteiger partial charge >= 0.3 is 0 Å². The van der Waals surface area contributed by atoms with Gasteiger partial charge in [0.2, 0.25) is 5.91 Å². The number of anilines is 1. The summed E-state index contributed by atoms with van der Waals surface area (Å²) in [5.41, 5.74) is 6.07. The fraction of sp³-hybridized carbons (Fsp3) is 0.385. The highest BCUT2D eigenvalue weighted by atomic mass is 35.5. The predicted octanol–water partition coefficient (Wildman–Crippen LogP) is 0.909. The lowest BCUT2D eigenvalue weighted by Gasteiger charge is -2.09. The maximum atomic E-state index is 11.4. The SMILES string of the molecule is CCNC(=O)COc1ccc(NC(=O)[C@H](C)N)cc1.Cl. The minimum atomic E-state index is -0.561. The molecule has 0 unspecified atom stereocenters. The van der Waals surface area contributed by atoms with Crippen LogP contribution < -0.4 is 21.1 Å². The van der Waals surface area contributed by atoms with Crippen molar-refractivity contribution in [3.8, 4) is 5.75 Å². The second-order valence-corrected chi connectivity index (χ2v) is 4.04. The van der Waals surface area contributed by atoms with E-state index in [4.69, 9.17) is 10.5 Å². The van der Waals surface area contributed by atoms with E-state index in [9.17, 15) is 9.59 Å². The van der Waals surface area contributed by atoms with Crippen molar-refractivity contribution >= 4 is 29.9 Å². The third-order valence-electron chi connectivity index (χ3n) is 2.28. The Kier molecular flexibility index (Phi) is 8.35. The largest absolute Gasteiger partial charge is 0.484 e. The van der Waals surface area contributed by atoms with Crippen LogP contribution in [0.2, 0.25) is 0 Å². The fourth-order valence-corrected chi connectivity index (χ4v) is 1.29. The smallest absolute Gasteiger partial charge is 0.257 e. The molecule has 0 spiro atoms. The second-order valence-electron chi connectivity index (χ2n) is 4.04. The zero-order valence-electron chi connectivity index (χ0n) is 11.5. The number of likely N-dealkylation sites (N-methyl/N-ethyl adjacent to an activating group) is 1. The molecule has 0 fully saturated rings. The van der Waals surface area contributed by atoms with Crippen molar-refractivity contribution in [2.75, 3.05) is 18.5 Å². The van der Waals surface area contributed by atoms with Crippen LogP contribution in [0.25, 0.3) is 0 Å². The van der Waals surface area contributed by atoms with Gasteiger partial charge in [-0.15, -0.1) is 12.4 Å². The van der Waals surface area contributed by atoms with Gasteiger partial charge in [0.05, 0.1) is 6.04 Å². The standard InChI is InChI=1S/C13H19N3O3.ClH/c1-3-15-12(17)8-19-11-6-4-10(5-7-11)16-13(18)9(2)14;/h4-7,9H,3,8,14H2,1-2H3,(H,15,17)(H,16,18);1H/t9-;/m0./s1. The summed E-state index contributed by atoms with van der Waals surface area (Å²) in [7, 11) is 0. The van der Waals surface area contributed by atoms with Crippen molar-refractivity contribution in [2.45, 2.75) is 19.9 Å². The Morgan fingerprint density at radius 2 is 1.90 bits per heavy atom. The van der Waals surface area contributed by atoms with Gasteiger partial charge in [0.1, 0.15) is 5.75 Å². The normalized spacial score (nSPS) is 10.9. The molecule has 0 aliphatic rings. The first kappa shape index (κ1) is 18.2. The molecule has 0 saturated carbocycles. The summed E-state index contributed by atoms with van der Waals surface area (Å²) in [4.78, 5) is 22.6. The van der Waals surface area contributed by atoms with Gasteiger partial charge in [-0.2, -0.15) is 0 Å². The average molecular weight is 302 g/mol. The number of hydrogen-bond acceptors (Lipinski definition) is 4. The summed E-state index contributed by atoms with van der Waals surface area (Å²) in [5, 5.41) is 5.29. The minimum absolute atomic E-state index is 0. The summed E-state index contributed by atoms with van der Waals surface area (Å²) < 4.78 is 5.28. The lowest BCUT2D eigenvalue weighted by molar-refractivity contribution is -0.123. The highest BCUT2D eigenvalue weighted by molar-refractivity contribution is 5.94. The number of nitrogens with one attached hydrogen (secondary N) is 2. The van der Waals surface area contributed by atoms with Crippen LogP contribution in [-0.2, 0) is 9.59 Å². The van der Waals surface area contributed by atoms with Gasteiger partial charge in [0, 0.05) is 12.2 Å². The Labute approximate surface area is 124 Å². The Balaban J connectivity index is 0.00000361. The number of benzene rings is 1. The molecule has 0 heterocycles. The Hall–Kier alpha value is -1.79. The van der Waals surface area contributed by atoms with Crippen molar-refractivity contribution in [3.05, 3.63) is 24.3 Å². The van der Waals surface area contributed by atoms with Crippen LogP contribution in [0.15, 0.2) is 24.3 Å². The monoisotopic (exact) mass is 301 g/mol. The lowest BCUT2D eigenvalue weighted by atomic mass is 10.2. The van der Waals surface area contributed by atoms with Crippen LogP contribution in [0.3, 0.4) is 0 Å². The highest BCUT2D eigenvalue weighted by Crippen LogP contribution is 2.15. The van der Waals surface area contributed by atoms with E-state index in [1.807, 2.05) is 6.92 Å². The number of hydrogen-bond donors (Lipinski definition) is 3. The topological polar surface area (TPSA) is 93.5 Å². The van der Waals surface area contributed by atoms with Gasteiger partial charge in [0.25, 0.3) is 5.91 Å². The lowest BCUT2D eigenvalue weighted by Crippen LogP contribution is -2.32. The Morgan fingerprint density at radius 1 is 1.30 bits per heavy atom. The zero-order chi connectivity index (χ0) is 14.3. The van der Waals surface area contributed by atoms with Crippen LogP contribution in [0.1, 0.15) is 13.8 Å². The van der Waals surface area contributed by atoms with Crippen LogP contribution in [0, 0.1) is 0 Å². The molecule has 112 valence electrons. The summed E-state index contributed by atoms with van der Waals surface area (Å²) in [6, 6.07) is 6.17. The number of rotatable bonds is 6. The maximum Gasteiger partial charge on any atom is 0.257 e. The molecule has 1 aromatic carbocycles. The van der Waals surface area contributed by atoms with Gasteiger partial charge in [-0.3, -0.25) is 9.59 Å². The van der Waals surface area contributed by atoms with Crippen molar-refractivity contribution in [1.29, 1.82) is 0 Å². The van der Waals surface area contributed by atoms with Crippen molar-refractivity contribution in [1.82, 2.24) is 5.32 Å². The fourth-order valence-electron chi connectivity index (χ4n) is 1.29. The molecule has 7 heteroatoms. The second kappa shape index (κ2) is 9.17. The van der Waals surface area contributed by atoms with Gasteiger partial charge in [0.15, 0.2) is 6.61 Å². The Morgan fingerprint density at radius 3 is 2.40 bits per heavy atom. The van der Waals surface area contributed by atoms with Crippen LogP contribution in [0.4, 0.5) is 5.69 Å². The number of nitrogens with two attached hydrogens (primary N) is 1. The predicted molar refractivity (Wildman–Crippen MR) is 80.1 cm³/mol. The Bertz CT molecular complexity index is 435. The third kappa shape index (κ3) is 6.40. The molecule has 0 aromatic heterocycles. The summed E-state index contributed by atoms with van der Waals surface area (Å²) >= 11 is 0. The van der Waals surface area contributed by atoms with E-state index in [2.05, 4.69) is 10.6 Å². The first-order valence-corrected chi connectivity index (χ1v) is 6.09. The molecule has 0 radical (unpaired) electrons. The van der Waals surface area contributed by atoms with Gasteiger partial charge < -0.3 is 21.1 Å². The molecule has 0 saturated heterocycles. The van der Waals surface area contributed by atoms with Crippen LogP contribution in [-0.4, -0.2) is 31.0 Å². The first-order chi connectivity index (χ1) is 9.02. The van der Waals surface area contributed by atoms with E-state index in [0.717, 1.165) is 0 Å².